The van der Waals surface area contributed by atoms with Gasteiger partial charge in [0.25, 0.3) is 0 Å². The molecule has 3 rings (SSSR count). The number of aromatic hydroxyl groups is 1. The van der Waals surface area contributed by atoms with Gasteiger partial charge in [-0.05, 0) is 51.1 Å². The number of nitrogens with zero attached hydrogens (tertiary/aromatic N) is 1. The van der Waals surface area contributed by atoms with Crippen LogP contribution in [-0.2, 0) is 11.3 Å². The summed E-state index contributed by atoms with van der Waals surface area (Å²) in [6, 6.07) is 4.67. The highest BCUT2D eigenvalue weighted by atomic mass is 16.5. The lowest BCUT2D eigenvalue weighted by atomic mass is 10.1. The van der Waals surface area contributed by atoms with E-state index < -0.39 is 11.6 Å². The number of piperidine rings is 1. The summed E-state index contributed by atoms with van der Waals surface area (Å²) in [6.07, 6.45) is 3.47. The van der Waals surface area contributed by atoms with E-state index in [1.54, 1.807) is 19.1 Å². The number of hydrogen-bond acceptors (Lipinski definition) is 6. The number of carbonyl (C=O) groups is 1. The monoisotopic (exact) mass is 331 g/mol. The maximum Gasteiger partial charge on any atom is 0.351 e. The van der Waals surface area contributed by atoms with Crippen molar-refractivity contribution in [1.82, 2.24) is 4.90 Å². The Morgan fingerprint density at radius 2 is 2.04 bits per heavy atom. The van der Waals surface area contributed by atoms with Crippen molar-refractivity contribution >= 4 is 16.9 Å². The minimum Gasteiger partial charge on any atom is -0.507 e. The molecule has 6 heteroatoms. The quantitative estimate of drug-likeness (QED) is 0.685. The summed E-state index contributed by atoms with van der Waals surface area (Å²) in [5.41, 5.74) is 0.0472. The van der Waals surface area contributed by atoms with Crippen molar-refractivity contribution in [2.45, 2.75) is 32.7 Å². The summed E-state index contributed by atoms with van der Waals surface area (Å²) in [4.78, 5) is 26.2. The molecular weight excluding hydrogens is 310 g/mol. The van der Waals surface area contributed by atoms with Crippen LogP contribution >= 0.6 is 0 Å². The van der Waals surface area contributed by atoms with Crippen molar-refractivity contribution in [3.05, 3.63) is 39.7 Å². The van der Waals surface area contributed by atoms with Crippen molar-refractivity contribution in [3.8, 4) is 5.75 Å². The van der Waals surface area contributed by atoms with Gasteiger partial charge in [-0.3, -0.25) is 4.90 Å². The normalized spacial score (nSPS) is 15.5. The van der Waals surface area contributed by atoms with Crippen LogP contribution in [0.25, 0.3) is 11.0 Å². The molecule has 0 radical (unpaired) electrons. The molecule has 1 fully saturated rings. The second kappa shape index (κ2) is 7.05. The SMILES string of the molecule is CCOC(=O)c1cc2ccc(O)c(CN3CCCCC3)c2oc1=O. The Hall–Kier alpha value is -2.34. The van der Waals surface area contributed by atoms with Crippen LogP contribution in [0, 0.1) is 0 Å². The summed E-state index contributed by atoms with van der Waals surface area (Å²) in [5, 5.41) is 10.8. The van der Waals surface area contributed by atoms with Crippen LogP contribution in [0.15, 0.2) is 27.4 Å². The minimum absolute atomic E-state index is 0.0973. The average Bonchev–Trinajstić information content (AvgIpc) is 2.58. The molecule has 6 nitrogen and oxygen atoms in total. The Morgan fingerprint density at radius 1 is 1.29 bits per heavy atom. The minimum atomic E-state index is -0.744. The first-order valence-corrected chi connectivity index (χ1v) is 8.28. The van der Waals surface area contributed by atoms with E-state index in [0.717, 1.165) is 25.9 Å². The molecule has 1 aromatic heterocycles. The molecule has 24 heavy (non-hydrogen) atoms. The van der Waals surface area contributed by atoms with Crippen molar-refractivity contribution in [3.63, 3.8) is 0 Å². The van der Waals surface area contributed by atoms with Gasteiger partial charge in [0.15, 0.2) is 0 Å². The van der Waals surface area contributed by atoms with Gasteiger partial charge in [0.1, 0.15) is 16.9 Å². The van der Waals surface area contributed by atoms with Crippen LogP contribution in [0.5, 0.6) is 5.75 Å². The Kier molecular flexibility index (Phi) is 4.85. The van der Waals surface area contributed by atoms with Crippen LogP contribution in [0.1, 0.15) is 42.1 Å². The third-order valence-corrected chi connectivity index (χ3v) is 4.31. The number of phenols is 1. The molecule has 128 valence electrons. The molecular formula is C18H21NO5. The molecule has 1 aromatic carbocycles. The van der Waals surface area contributed by atoms with E-state index in [9.17, 15) is 14.7 Å². The maximum atomic E-state index is 12.1. The Morgan fingerprint density at radius 3 is 2.75 bits per heavy atom. The molecule has 1 aliphatic rings. The smallest absolute Gasteiger partial charge is 0.351 e. The summed E-state index contributed by atoms with van der Waals surface area (Å²) < 4.78 is 10.2. The molecule has 2 heterocycles. The van der Waals surface area contributed by atoms with E-state index in [-0.39, 0.29) is 17.9 Å². The number of ether oxygens (including phenoxy) is 1. The molecule has 0 aliphatic carbocycles. The first kappa shape index (κ1) is 16.5. The molecule has 0 atom stereocenters. The number of phenolic OH excluding ortho intramolecular Hbond substituents is 1. The predicted molar refractivity (Wildman–Crippen MR) is 89.2 cm³/mol. The molecule has 0 amide bonds. The topological polar surface area (TPSA) is 80.0 Å². The fourth-order valence-corrected chi connectivity index (χ4v) is 3.08. The van der Waals surface area contributed by atoms with E-state index in [1.807, 2.05) is 0 Å². The Balaban J connectivity index is 2.02. The van der Waals surface area contributed by atoms with Gasteiger partial charge in [-0.2, -0.15) is 0 Å². The Bertz CT molecular complexity index is 805. The summed E-state index contributed by atoms with van der Waals surface area (Å²) in [7, 11) is 0. The predicted octanol–water partition coefficient (Wildman–Crippen LogP) is 2.66. The lowest BCUT2D eigenvalue weighted by Crippen LogP contribution is -2.29. The van der Waals surface area contributed by atoms with Crippen LogP contribution in [0.2, 0.25) is 0 Å². The summed E-state index contributed by atoms with van der Waals surface area (Å²) in [6.45, 7) is 4.30. The van der Waals surface area contributed by atoms with E-state index in [4.69, 9.17) is 9.15 Å². The standard InChI is InChI=1S/C18H21NO5/c1-2-23-17(21)13-10-12-6-7-15(20)14(16(12)24-18(13)22)11-19-8-4-3-5-9-19/h6-7,10,20H,2-5,8-9,11H2,1H3. The van der Waals surface area contributed by atoms with E-state index in [2.05, 4.69) is 4.90 Å². The van der Waals surface area contributed by atoms with Crippen LogP contribution in [0.3, 0.4) is 0 Å². The number of hydrogen-bond donors (Lipinski definition) is 1. The van der Waals surface area contributed by atoms with Gasteiger partial charge in [-0.15, -0.1) is 0 Å². The maximum absolute atomic E-state index is 12.1. The van der Waals surface area contributed by atoms with Gasteiger partial charge in [-0.1, -0.05) is 6.42 Å². The van der Waals surface area contributed by atoms with Gasteiger partial charge in [0.2, 0.25) is 0 Å². The van der Waals surface area contributed by atoms with Gasteiger partial charge >= 0.3 is 11.6 Å². The van der Waals surface area contributed by atoms with Crippen molar-refractivity contribution in [2.75, 3.05) is 19.7 Å². The van der Waals surface area contributed by atoms with Gasteiger partial charge in [0.05, 0.1) is 12.2 Å². The second-order valence-corrected chi connectivity index (χ2v) is 5.99. The summed E-state index contributed by atoms with van der Waals surface area (Å²) in [5.74, 6) is -0.598. The zero-order valence-electron chi connectivity index (χ0n) is 13.7. The molecule has 0 bridgehead atoms. The van der Waals surface area contributed by atoms with Crippen LogP contribution < -0.4 is 5.63 Å². The number of carbonyl (C=O) groups excluding carboxylic acids is 1. The van der Waals surface area contributed by atoms with E-state index in [0.29, 0.717) is 23.1 Å². The first-order valence-electron chi connectivity index (χ1n) is 8.28. The Labute approximate surface area is 139 Å². The molecule has 1 N–H and O–H groups in total. The number of fused-ring (bicyclic) bond motifs is 1. The molecule has 0 saturated carbocycles. The highest BCUT2D eigenvalue weighted by Crippen LogP contribution is 2.29. The average molecular weight is 331 g/mol. The van der Waals surface area contributed by atoms with Crippen molar-refractivity contribution in [2.24, 2.45) is 0 Å². The highest BCUT2D eigenvalue weighted by molar-refractivity contribution is 5.93. The van der Waals surface area contributed by atoms with Crippen molar-refractivity contribution in [1.29, 1.82) is 0 Å². The third-order valence-electron chi connectivity index (χ3n) is 4.31. The van der Waals surface area contributed by atoms with Crippen molar-refractivity contribution < 1.29 is 19.1 Å². The third kappa shape index (κ3) is 3.28. The molecule has 0 spiro atoms. The zero-order chi connectivity index (χ0) is 17.1. The van der Waals surface area contributed by atoms with Crippen LogP contribution in [0.4, 0.5) is 0 Å². The zero-order valence-corrected chi connectivity index (χ0v) is 13.7. The van der Waals surface area contributed by atoms with Gasteiger partial charge in [0, 0.05) is 11.9 Å². The van der Waals surface area contributed by atoms with Gasteiger partial charge < -0.3 is 14.3 Å². The van der Waals surface area contributed by atoms with Gasteiger partial charge in [-0.25, -0.2) is 9.59 Å². The second-order valence-electron chi connectivity index (χ2n) is 5.99. The summed E-state index contributed by atoms with van der Waals surface area (Å²) >= 11 is 0. The molecule has 2 aromatic rings. The number of likely N-dealkylation sites (tertiary alicyclic amines) is 1. The molecule has 1 saturated heterocycles. The van der Waals surface area contributed by atoms with E-state index in [1.165, 1.54) is 12.5 Å². The lowest BCUT2D eigenvalue weighted by molar-refractivity contribution is 0.0521. The largest absolute Gasteiger partial charge is 0.507 e. The fourth-order valence-electron chi connectivity index (χ4n) is 3.08. The lowest BCUT2D eigenvalue weighted by Gasteiger charge is -2.26. The number of esters is 1. The first-order chi connectivity index (χ1) is 11.6. The molecule has 1 aliphatic heterocycles. The number of rotatable bonds is 4. The number of benzene rings is 1. The highest BCUT2D eigenvalue weighted by Gasteiger charge is 2.20. The molecule has 0 unspecified atom stereocenters. The van der Waals surface area contributed by atoms with Crippen LogP contribution in [-0.4, -0.2) is 35.7 Å². The van der Waals surface area contributed by atoms with E-state index >= 15 is 0 Å². The fraction of sp³-hybridized carbons (Fsp3) is 0.444.